The van der Waals surface area contributed by atoms with Crippen LogP contribution < -0.4 is 5.32 Å². The Labute approximate surface area is 165 Å². The summed E-state index contributed by atoms with van der Waals surface area (Å²) in [4.78, 5) is 36.0. The average molecular weight is 396 g/mol. The Balaban J connectivity index is 2.44. The molecule has 1 atom stereocenters. The lowest BCUT2D eigenvalue weighted by atomic mass is 10.1. The second-order valence-corrected chi connectivity index (χ2v) is 8.02. The average Bonchev–Trinajstić information content (AvgIpc) is 2.58. The monoisotopic (exact) mass is 395 g/mol. The third-order valence-electron chi connectivity index (χ3n) is 3.38. The summed E-state index contributed by atoms with van der Waals surface area (Å²) in [6.45, 7) is 7.15. The summed E-state index contributed by atoms with van der Waals surface area (Å²) in [6, 6.07) is 8.93. The van der Waals surface area contributed by atoms with Crippen molar-refractivity contribution in [1.82, 2.24) is 5.32 Å². The maximum absolute atomic E-state index is 12.0. The Morgan fingerprint density at radius 3 is 2.41 bits per heavy atom. The van der Waals surface area contributed by atoms with Gasteiger partial charge in [-0.05, 0) is 46.1 Å². The van der Waals surface area contributed by atoms with Gasteiger partial charge in [-0.3, -0.25) is 4.79 Å². The van der Waals surface area contributed by atoms with Crippen LogP contribution in [0.15, 0.2) is 30.3 Å². The Morgan fingerprint density at radius 2 is 1.81 bits per heavy atom. The smallest absolute Gasteiger partial charge is 0.408 e. The van der Waals surface area contributed by atoms with Crippen LogP contribution >= 0.6 is 11.8 Å². The van der Waals surface area contributed by atoms with Crippen LogP contribution in [-0.4, -0.2) is 35.4 Å². The Bertz CT molecular complexity index is 613. The molecule has 1 aromatic carbocycles. The zero-order valence-corrected chi connectivity index (χ0v) is 17.3. The van der Waals surface area contributed by atoms with Crippen LogP contribution in [0.4, 0.5) is 4.79 Å². The van der Waals surface area contributed by atoms with Crippen molar-refractivity contribution in [2.45, 2.75) is 64.4 Å². The van der Waals surface area contributed by atoms with Crippen molar-refractivity contribution in [1.29, 1.82) is 0 Å². The number of carbonyl (C=O) groups excluding carboxylic acids is 3. The minimum absolute atomic E-state index is 0.0544. The minimum Gasteiger partial charge on any atom is -0.464 e. The zero-order chi connectivity index (χ0) is 20.3. The van der Waals surface area contributed by atoms with Gasteiger partial charge in [0.15, 0.2) is 5.12 Å². The van der Waals surface area contributed by atoms with E-state index >= 15 is 0 Å². The SMILES string of the molecule is CCOC(=O)[C@H](CCCC(=O)SCc1ccccc1)NC(=O)OC(C)(C)C. The predicted octanol–water partition coefficient (Wildman–Crippen LogP) is 4.07. The Hall–Kier alpha value is -2.02. The highest BCUT2D eigenvalue weighted by Gasteiger charge is 2.25. The highest BCUT2D eigenvalue weighted by molar-refractivity contribution is 8.12. The van der Waals surface area contributed by atoms with E-state index in [-0.39, 0.29) is 11.7 Å². The third kappa shape index (κ3) is 10.7. The molecule has 1 aromatic rings. The maximum atomic E-state index is 12.0. The molecule has 0 saturated carbocycles. The molecular weight excluding hydrogens is 366 g/mol. The summed E-state index contributed by atoms with van der Waals surface area (Å²) in [5, 5.41) is 2.59. The van der Waals surface area contributed by atoms with E-state index in [2.05, 4.69) is 5.32 Å². The van der Waals surface area contributed by atoms with Crippen LogP contribution in [0, 0.1) is 0 Å². The molecule has 0 unspecified atom stereocenters. The standard InChI is InChI=1S/C20H29NO5S/c1-5-25-18(23)16(21-19(24)26-20(2,3)4)12-9-13-17(22)27-14-15-10-7-6-8-11-15/h6-8,10-11,16H,5,9,12-14H2,1-4H3,(H,21,24)/t16-/m0/s1. The number of hydrogen-bond donors (Lipinski definition) is 1. The fourth-order valence-corrected chi connectivity index (χ4v) is 3.01. The molecule has 27 heavy (non-hydrogen) atoms. The molecule has 0 radical (unpaired) electrons. The van der Waals surface area contributed by atoms with Gasteiger partial charge in [0.05, 0.1) is 6.61 Å². The molecule has 150 valence electrons. The van der Waals surface area contributed by atoms with Gasteiger partial charge in [-0.25, -0.2) is 9.59 Å². The Kier molecular flexibility index (Phi) is 9.93. The van der Waals surface area contributed by atoms with Gasteiger partial charge in [-0.2, -0.15) is 0 Å². The van der Waals surface area contributed by atoms with Gasteiger partial charge in [0.1, 0.15) is 11.6 Å². The lowest BCUT2D eigenvalue weighted by Gasteiger charge is -2.22. The normalized spacial score (nSPS) is 12.1. The Morgan fingerprint density at radius 1 is 1.15 bits per heavy atom. The molecule has 1 amide bonds. The van der Waals surface area contributed by atoms with Crippen LogP contribution in [0.3, 0.4) is 0 Å². The zero-order valence-electron chi connectivity index (χ0n) is 16.4. The predicted molar refractivity (Wildman–Crippen MR) is 106 cm³/mol. The summed E-state index contributed by atoms with van der Waals surface area (Å²) in [6.07, 6.45) is 0.435. The third-order valence-corrected chi connectivity index (χ3v) is 4.38. The lowest BCUT2D eigenvalue weighted by Crippen LogP contribution is -2.44. The molecule has 0 saturated heterocycles. The molecule has 7 heteroatoms. The minimum atomic E-state index is -0.827. The first-order valence-electron chi connectivity index (χ1n) is 9.07. The first-order chi connectivity index (χ1) is 12.7. The van der Waals surface area contributed by atoms with Crippen molar-refractivity contribution in [2.75, 3.05) is 6.61 Å². The first kappa shape index (κ1) is 23.0. The van der Waals surface area contributed by atoms with E-state index in [9.17, 15) is 14.4 Å². The largest absolute Gasteiger partial charge is 0.464 e. The number of benzene rings is 1. The van der Waals surface area contributed by atoms with Crippen molar-refractivity contribution >= 4 is 28.9 Å². The molecule has 0 bridgehead atoms. The van der Waals surface area contributed by atoms with Gasteiger partial charge in [-0.1, -0.05) is 42.1 Å². The summed E-state index contributed by atoms with van der Waals surface area (Å²) < 4.78 is 10.2. The van der Waals surface area contributed by atoms with E-state index < -0.39 is 23.7 Å². The molecule has 0 fully saturated rings. The highest BCUT2D eigenvalue weighted by Crippen LogP contribution is 2.17. The lowest BCUT2D eigenvalue weighted by molar-refractivity contribution is -0.146. The number of rotatable bonds is 9. The number of thioether (sulfide) groups is 1. The fraction of sp³-hybridized carbons (Fsp3) is 0.550. The van der Waals surface area contributed by atoms with Crippen molar-refractivity contribution in [2.24, 2.45) is 0 Å². The van der Waals surface area contributed by atoms with Gasteiger partial charge >= 0.3 is 12.1 Å². The molecule has 0 heterocycles. The highest BCUT2D eigenvalue weighted by atomic mass is 32.2. The first-order valence-corrected chi connectivity index (χ1v) is 10.1. The van der Waals surface area contributed by atoms with Crippen molar-refractivity contribution in [3.63, 3.8) is 0 Å². The summed E-state index contributed by atoms with van der Waals surface area (Å²) in [7, 11) is 0. The number of carbonyl (C=O) groups is 3. The molecule has 0 aliphatic rings. The van der Waals surface area contributed by atoms with Crippen molar-refractivity contribution in [3.8, 4) is 0 Å². The topological polar surface area (TPSA) is 81.7 Å². The second kappa shape index (κ2) is 11.6. The molecule has 1 rings (SSSR count). The van der Waals surface area contributed by atoms with E-state index in [1.54, 1.807) is 27.7 Å². The molecule has 1 N–H and O–H groups in total. The summed E-state index contributed by atoms with van der Waals surface area (Å²) in [5.41, 5.74) is 0.430. The number of alkyl carbamates (subject to hydrolysis) is 1. The van der Waals surface area contributed by atoms with E-state index in [1.807, 2.05) is 30.3 Å². The molecule has 0 aliphatic heterocycles. The number of esters is 1. The van der Waals surface area contributed by atoms with Crippen molar-refractivity contribution < 1.29 is 23.9 Å². The van der Waals surface area contributed by atoms with Gasteiger partial charge < -0.3 is 14.8 Å². The molecular formula is C20H29NO5S. The van der Waals surface area contributed by atoms with Crippen LogP contribution in [0.1, 0.15) is 52.5 Å². The second-order valence-electron chi connectivity index (χ2n) is 6.99. The number of hydrogen-bond acceptors (Lipinski definition) is 6. The summed E-state index contributed by atoms with van der Waals surface area (Å²) in [5.74, 6) is 0.102. The van der Waals surface area contributed by atoms with Crippen LogP contribution in [0.25, 0.3) is 0 Å². The van der Waals surface area contributed by atoms with Gasteiger partial charge in [0.25, 0.3) is 0 Å². The van der Waals surface area contributed by atoms with Crippen LogP contribution in [0.5, 0.6) is 0 Å². The van der Waals surface area contributed by atoms with Crippen molar-refractivity contribution in [3.05, 3.63) is 35.9 Å². The van der Waals surface area contributed by atoms with Gasteiger partial charge in [0, 0.05) is 12.2 Å². The molecule has 6 nitrogen and oxygen atoms in total. The van der Waals surface area contributed by atoms with Gasteiger partial charge in [0.2, 0.25) is 0 Å². The number of nitrogens with one attached hydrogen (secondary N) is 1. The van der Waals surface area contributed by atoms with Crippen LogP contribution in [-0.2, 0) is 24.8 Å². The van der Waals surface area contributed by atoms with Gasteiger partial charge in [-0.15, -0.1) is 0 Å². The molecule has 0 aliphatic carbocycles. The quantitative estimate of drug-likeness (QED) is 0.635. The van der Waals surface area contributed by atoms with E-state index in [0.29, 0.717) is 25.0 Å². The fourth-order valence-electron chi connectivity index (χ4n) is 2.20. The van der Waals surface area contributed by atoms with E-state index in [4.69, 9.17) is 9.47 Å². The number of ether oxygens (including phenoxy) is 2. The maximum Gasteiger partial charge on any atom is 0.408 e. The van der Waals surface area contributed by atoms with E-state index in [0.717, 1.165) is 5.56 Å². The number of amides is 1. The molecule has 0 aromatic heterocycles. The van der Waals surface area contributed by atoms with Crippen LogP contribution in [0.2, 0.25) is 0 Å². The molecule has 0 spiro atoms. The van der Waals surface area contributed by atoms with E-state index in [1.165, 1.54) is 11.8 Å². The summed E-state index contributed by atoms with van der Waals surface area (Å²) >= 11 is 1.25.